The van der Waals surface area contributed by atoms with Crippen LogP contribution in [-0.4, -0.2) is 15.9 Å². The first-order chi connectivity index (χ1) is 11.6. The van der Waals surface area contributed by atoms with E-state index < -0.39 is 5.72 Å². The van der Waals surface area contributed by atoms with E-state index in [-0.39, 0.29) is 11.9 Å². The van der Waals surface area contributed by atoms with E-state index in [9.17, 15) is 9.90 Å². The fraction of sp³-hybridized carbons (Fsp3) is 0.286. The lowest BCUT2D eigenvalue weighted by atomic mass is 9.99. The number of fused-ring (bicyclic) bond motifs is 1. The highest BCUT2D eigenvalue weighted by Gasteiger charge is 2.49. The van der Waals surface area contributed by atoms with Crippen LogP contribution in [0.25, 0.3) is 0 Å². The van der Waals surface area contributed by atoms with Gasteiger partial charge >= 0.3 is 0 Å². The molecule has 0 radical (unpaired) electrons. The van der Waals surface area contributed by atoms with Crippen molar-refractivity contribution in [2.45, 2.75) is 38.5 Å². The van der Waals surface area contributed by atoms with Gasteiger partial charge in [-0.05, 0) is 30.9 Å². The highest BCUT2D eigenvalue weighted by molar-refractivity contribution is 6.00. The van der Waals surface area contributed by atoms with Gasteiger partial charge in [0.15, 0.2) is 0 Å². The van der Waals surface area contributed by atoms with E-state index in [1.807, 2.05) is 56.3 Å². The summed E-state index contributed by atoms with van der Waals surface area (Å²) in [6.45, 7) is 3.96. The number of amides is 1. The minimum Gasteiger partial charge on any atom is -0.357 e. The summed E-state index contributed by atoms with van der Waals surface area (Å²) in [5.41, 5.74) is 0.474. The van der Waals surface area contributed by atoms with Crippen molar-refractivity contribution >= 4 is 5.91 Å². The molecule has 3 rings (SSSR count). The van der Waals surface area contributed by atoms with Crippen molar-refractivity contribution in [1.82, 2.24) is 4.90 Å². The van der Waals surface area contributed by atoms with E-state index in [0.29, 0.717) is 17.5 Å². The molecule has 3 nitrogen and oxygen atoms in total. The molecular weight excluding hydrogens is 298 g/mol. The minimum absolute atomic E-state index is 0.185. The second-order valence-electron chi connectivity index (χ2n) is 6.03. The first kappa shape index (κ1) is 16.3. The third-order valence-electron chi connectivity index (χ3n) is 4.41. The predicted octanol–water partition coefficient (Wildman–Crippen LogP) is 3.85. The molecule has 2 aromatic rings. The van der Waals surface area contributed by atoms with Crippen LogP contribution in [-0.2, 0) is 5.72 Å². The highest BCUT2D eigenvalue weighted by atomic mass is 16.3. The Kier molecular flexibility index (Phi) is 4.42. The number of unbranched alkanes of at least 4 members (excludes halogenated alkanes) is 1. The van der Waals surface area contributed by atoms with Gasteiger partial charge in [-0.1, -0.05) is 61.4 Å². The number of hydrogen-bond donors (Lipinski definition) is 1. The molecule has 0 saturated heterocycles. The van der Waals surface area contributed by atoms with Gasteiger partial charge < -0.3 is 5.11 Å². The van der Waals surface area contributed by atoms with Crippen LogP contribution in [0.4, 0.5) is 0 Å². The number of rotatable bonds is 3. The van der Waals surface area contributed by atoms with Crippen molar-refractivity contribution < 1.29 is 9.90 Å². The maximum atomic E-state index is 13.0. The summed E-state index contributed by atoms with van der Waals surface area (Å²) in [6.07, 6.45) is 1.60. The topological polar surface area (TPSA) is 40.5 Å². The zero-order valence-electron chi connectivity index (χ0n) is 14.0. The molecule has 0 aromatic heterocycles. The highest BCUT2D eigenvalue weighted by Crippen LogP contribution is 2.42. The van der Waals surface area contributed by atoms with Crippen LogP contribution in [0.1, 0.15) is 54.2 Å². The van der Waals surface area contributed by atoms with E-state index in [1.54, 1.807) is 12.1 Å². The monoisotopic (exact) mass is 319 g/mol. The third kappa shape index (κ3) is 2.60. The van der Waals surface area contributed by atoms with Gasteiger partial charge in [0.25, 0.3) is 5.91 Å². The molecular formula is C21H21NO2. The molecule has 3 heteroatoms. The van der Waals surface area contributed by atoms with E-state index >= 15 is 0 Å². The molecule has 122 valence electrons. The molecule has 2 aromatic carbocycles. The lowest BCUT2D eigenvalue weighted by Crippen LogP contribution is -2.44. The number of aliphatic hydroxyl groups is 1. The second kappa shape index (κ2) is 6.51. The van der Waals surface area contributed by atoms with Gasteiger partial charge in [0, 0.05) is 17.5 Å². The van der Waals surface area contributed by atoms with Gasteiger partial charge in [0.1, 0.15) is 0 Å². The smallest absolute Gasteiger partial charge is 0.258 e. The Morgan fingerprint density at radius 2 is 1.79 bits per heavy atom. The van der Waals surface area contributed by atoms with Crippen LogP contribution >= 0.6 is 0 Å². The number of carbonyl (C=O) groups excluding carboxylic acids is 1. The molecule has 1 N–H and O–H groups in total. The quantitative estimate of drug-likeness (QED) is 0.873. The Morgan fingerprint density at radius 3 is 2.50 bits per heavy atom. The van der Waals surface area contributed by atoms with Gasteiger partial charge in [-0.2, -0.15) is 0 Å². The normalized spacial score (nSPS) is 20.3. The molecule has 0 aliphatic carbocycles. The number of nitrogens with zero attached hydrogens (tertiary/aromatic N) is 1. The standard InChI is InChI=1S/C21H21NO2/c1-3-4-10-15-21(24)19-14-9-8-13-18(19)20(23)22(21)16(2)17-11-6-5-7-12-17/h5-9,11-14,16,24H,3-4H2,1-2H3/t16-,21?/m0/s1. The van der Waals surface area contributed by atoms with Crippen molar-refractivity contribution in [1.29, 1.82) is 0 Å². The summed E-state index contributed by atoms with van der Waals surface area (Å²) in [4.78, 5) is 14.5. The molecule has 1 aliphatic rings. The third-order valence-corrected chi connectivity index (χ3v) is 4.41. The molecule has 1 aliphatic heterocycles. The molecule has 0 bridgehead atoms. The average Bonchev–Trinajstić information content (AvgIpc) is 2.84. The summed E-state index contributed by atoms with van der Waals surface area (Å²) in [5.74, 6) is 5.79. The van der Waals surface area contributed by atoms with E-state index in [2.05, 4.69) is 11.8 Å². The fourth-order valence-electron chi connectivity index (χ4n) is 3.16. The van der Waals surface area contributed by atoms with Gasteiger partial charge in [-0.15, -0.1) is 0 Å². The maximum Gasteiger partial charge on any atom is 0.258 e. The maximum absolute atomic E-state index is 13.0. The van der Waals surface area contributed by atoms with Crippen LogP contribution in [0, 0.1) is 11.8 Å². The van der Waals surface area contributed by atoms with Crippen LogP contribution in [0.2, 0.25) is 0 Å². The van der Waals surface area contributed by atoms with Crippen molar-refractivity contribution in [3.05, 3.63) is 71.3 Å². The second-order valence-corrected chi connectivity index (χ2v) is 6.03. The van der Waals surface area contributed by atoms with Gasteiger partial charge in [-0.3, -0.25) is 9.69 Å². The fourth-order valence-corrected chi connectivity index (χ4v) is 3.16. The average molecular weight is 319 g/mol. The lowest BCUT2D eigenvalue weighted by molar-refractivity contribution is -0.0539. The number of hydrogen-bond acceptors (Lipinski definition) is 2. The van der Waals surface area contributed by atoms with Crippen molar-refractivity contribution in [2.75, 3.05) is 0 Å². The molecule has 0 fully saturated rings. The SMILES string of the molecule is CCCC#CC1(O)c2ccccc2C(=O)N1[C@@H](C)c1ccccc1. The summed E-state index contributed by atoms with van der Waals surface area (Å²) < 4.78 is 0. The van der Waals surface area contributed by atoms with Crippen molar-refractivity contribution in [3.63, 3.8) is 0 Å². The molecule has 1 amide bonds. The van der Waals surface area contributed by atoms with Gasteiger partial charge in [0.05, 0.1) is 6.04 Å². The lowest BCUT2D eigenvalue weighted by Gasteiger charge is -2.35. The Balaban J connectivity index is 2.10. The Morgan fingerprint density at radius 1 is 1.12 bits per heavy atom. The number of carbonyl (C=O) groups is 1. The Bertz CT molecular complexity index is 803. The van der Waals surface area contributed by atoms with Crippen molar-refractivity contribution in [3.8, 4) is 11.8 Å². The zero-order chi connectivity index (χ0) is 17.2. The molecule has 0 saturated carbocycles. The van der Waals surface area contributed by atoms with Crippen LogP contribution in [0.3, 0.4) is 0 Å². The van der Waals surface area contributed by atoms with Gasteiger partial charge in [-0.25, -0.2) is 0 Å². The first-order valence-corrected chi connectivity index (χ1v) is 8.30. The summed E-state index contributed by atoms with van der Waals surface area (Å²) in [7, 11) is 0. The first-order valence-electron chi connectivity index (χ1n) is 8.30. The Hall–Kier alpha value is -2.57. The van der Waals surface area contributed by atoms with Crippen molar-refractivity contribution in [2.24, 2.45) is 0 Å². The molecule has 24 heavy (non-hydrogen) atoms. The van der Waals surface area contributed by atoms with Crippen LogP contribution in [0.15, 0.2) is 54.6 Å². The molecule has 2 atom stereocenters. The predicted molar refractivity (Wildman–Crippen MR) is 94.0 cm³/mol. The molecule has 0 spiro atoms. The van der Waals surface area contributed by atoms with Crippen LogP contribution in [0.5, 0.6) is 0 Å². The summed E-state index contributed by atoms with van der Waals surface area (Å²) in [6, 6.07) is 16.6. The van der Waals surface area contributed by atoms with E-state index in [4.69, 9.17) is 0 Å². The van der Waals surface area contributed by atoms with E-state index in [1.165, 1.54) is 4.90 Å². The Labute approximate surface area is 142 Å². The number of benzene rings is 2. The summed E-state index contributed by atoms with van der Waals surface area (Å²) >= 11 is 0. The van der Waals surface area contributed by atoms with E-state index in [0.717, 1.165) is 12.0 Å². The van der Waals surface area contributed by atoms with Gasteiger partial charge in [0.2, 0.25) is 5.72 Å². The molecule has 1 heterocycles. The largest absolute Gasteiger partial charge is 0.357 e. The zero-order valence-corrected chi connectivity index (χ0v) is 14.0. The minimum atomic E-state index is -1.59. The summed E-state index contributed by atoms with van der Waals surface area (Å²) in [5, 5.41) is 11.4. The van der Waals surface area contributed by atoms with Crippen LogP contribution < -0.4 is 0 Å². The molecule has 1 unspecified atom stereocenters.